The van der Waals surface area contributed by atoms with E-state index in [0.717, 1.165) is 5.56 Å². The quantitative estimate of drug-likeness (QED) is 0.842. The van der Waals surface area contributed by atoms with Crippen LogP contribution in [0.2, 0.25) is 10.0 Å². The van der Waals surface area contributed by atoms with Crippen molar-refractivity contribution in [2.45, 2.75) is 18.9 Å². The summed E-state index contributed by atoms with van der Waals surface area (Å²) in [6.45, 7) is 1.91. The molecule has 0 amide bonds. The van der Waals surface area contributed by atoms with Crippen LogP contribution in [0.5, 0.6) is 0 Å². The average molecular weight is 234 g/mol. The molecule has 0 fully saturated rings. The molecule has 1 aromatic rings. The van der Waals surface area contributed by atoms with Crippen molar-refractivity contribution in [3.8, 4) is 0 Å². The molecule has 0 aromatic heterocycles. The molecule has 4 heteroatoms. The smallest absolute Gasteiger partial charge is 0.0781 e. The van der Waals surface area contributed by atoms with Crippen LogP contribution in [0.4, 0.5) is 0 Å². The van der Waals surface area contributed by atoms with Crippen LogP contribution in [0.25, 0.3) is 0 Å². The number of halogens is 2. The zero-order valence-electron chi connectivity index (χ0n) is 7.93. The van der Waals surface area contributed by atoms with Crippen LogP contribution in [0, 0.1) is 0 Å². The number of hydrogen-bond acceptors (Lipinski definition) is 2. The van der Waals surface area contributed by atoms with Gasteiger partial charge in [-0.05, 0) is 24.6 Å². The lowest BCUT2D eigenvalue weighted by atomic mass is 9.97. The molecular weight excluding hydrogens is 221 g/mol. The van der Waals surface area contributed by atoms with Gasteiger partial charge in [0, 0.05) is 13.0 Å². The fourth-order valence-corrected chi connectivity index (χ4v) is 1.48. The molecular formula is C10H13Cl2NO. The number of nitrogens with two attached hydrogens (primary N) is 1. The summed E-state index contributed by atoms with van der Waals surface area (Å²) in [6, 6.07) is 5.29. The van der Waals surface area contributed by atoms with Gasteiger partial charge in [-0.2, -0.15) is 0 Å². The third-order valence-corrected chi connectivity index (χ3v) is 2.75. The fraction of sp³-hybridized carbons (Fsp3) is 0.400. The third kappa shape index (κ3) is 3.14. The van der Waals surface area contributed by atoms with Gasteiger partial charge in [0.15, 0.2) is 0 Å². The van der Waals surface area contributed by atoms with Crippen molar-refractivity contribution in [2.75, 3.05) is 6.54 Å². The lowest BCUT2D eigenvalue weighted by Gasteiger charge is -2.21. The molecule has 2 nitrogen and oxygen atoms in total. The highest BCUT2D eigenvalue weighted by atomic mass is 35.5. The van der Waals surface area contributed by atoms with E-state index < -0.39 is 5.60 Å². The van der Waals surface area contributed by atoms with Gasteiger partial charge < -0.3 is 10.8 Å². The van der Waals surface area contributed by atoms with Crippen molar-refractivity contribution in [1.82, 2.24) is 0 Å². The molecule has 14 heavy (non-hydrogen) atoms. The summed E-state index contributed by atoms with van der Waals surface area (Å²) in [7, 11) is 0. The Labute approximate surface area is 93.6 Å². The number of benzene rings is 1. The van der Waals surface area contributed by atoms with Crippen molar-refractivity contribution in [3.05, 3.63) is 33.8 Å². The molecule has 3 N–H and O–H groups in total. The summed E-state index contributed by atoms with van der Waals surface area (Å²) in [5.74, 6) is 0. The van der Waals surface area contributed by atoms with Crippen molar-refractivity contribution in [2.24, 2.45) is 5.73 Å². The summed E-state index contributed by atoms with van der Waals surface area (Å²) >= 11 is 11.6. The van der Waals surface area contributed by atoms with Gasteiger partial charge in [0.2, 0.25) is 0 Å². The average Bonchev–Trinajstić information content (AvgIpc) is 2.11. The van der Waals surface area contributed by atoms with Gasteiger partial charge in [0.05, 0.1) is 15.6 Å². The number of rotatable bonds is 3. The summed E-state index contributed by atoms with van der Waals surface area (Å²) in [4.78, 5) is 0. The van der Waals surface area contributed by atoms with Crippen molar-refractivity contribution in [3.63, 3.8) is 0 Å². The predicted octanol–water partition coefficient (Wildman–Crippen LogP) is 2.25. The Kier molecular flexibility index (Phi) is 3.78. The van der Waals surface area contributed by atoms with E-state index in [9.17, 15) is 5.11 Å². The highest BCUT2D eigenvalue weighted by Gasteiger charge is 2.18. The topological polar surface area (TPSA) is 46.2 Å². The van der Waals surface area contributed by atoms with Gasteiger partial charge in [-0.1, -0.05) is 29.3 Å². The van der Waals surface area contributed by atoms with E-state index in [0.29, 0.717) is 16.5 Å². The maximum atomic E-state index is 9.74. The molecule has 1 rings (SSSR count). The molecule has 0 radical (unpaired) electrons. The zero-order chi connectivity index (χ0) is 10.8. The van der Waals surface area contributed by atoms with Crippen LogP contribution in [0.15, 0.2) is 18.2 Å². The SMILES string of the molecule is CC(O)(CN)Cc1ccc(Cl)c(Cl)c1. The molecule has 0 saturated heterocycles. The Morgan fingerprint density at radius 3 is 2.50 bits per heavy atom. The summed E-state index contributed by atoms with van der Waals surface area (Å²) in [5, 5.41) is 10.7. The van der Waals surface area contributed by atoms with Crippen molar-refractivity contribution >= 4 is 23.2 Å². The Hall–Kier alpha value is -0.280. The van der Waals surface area contributed by atoms with E-state index in [4.69, 9.17) is 28.9 Å². The molecule has 1 aromatic carbocycles. The Morgan fingerprint density at radius 2 is 2.00 bits per heavy atom. The second-order valence-corrected chi connectivity index (χ2v) is 4.44. The Morgan fingerprint density at radius 1 is 1.36 bits per heavy atom. The van der Waals surface area contributed by atoms with Crippen molar-refractivity contribution in [1.29, 1.82) is 0 Å². The third-order valence-electron chi connectivity index (χ3n) is 2.01. The molecule has 0 heterocycles. The van der Waals surface area contributed by atoms with E-state index in [1.165, 1.54) is 0 Å². The fourth-order valence-electron chi connectivity index (χ4n) is 1.16. The monoisotopic (exact) mass is 233 g/mol. The van der Waals surface area contributed by atoms with E-state index in [-0.39, 0.29) is 6.54 Å². The van der Waals surface area contributed by atoms with Gasteiger partial charge in [0.1, 0.15) is 0 Å². The van der Waals surface area contributed by atoms with E-state index >= 15 is 0 Å². The normalized spacial score (nSPS) is 15.2. The van der Waals surface area contributed by atoms with Crippen molar-refractivity contribution < 1.29 is 5.11 Å². The molecule has 0 aliphatic rings. The first-order valence-corrected chi connectivity index (χ1v) is 5.06. The maximum absolute atomic E-state index is 9.74. The molecule has 0 aliphatic carbocycles. The standard InChI is InChI=1S/C10H13Cl2NO/c1-10(14,6-13)5-7-2-3-8(11)9(12)4-7/h2-4,14H,5-6,13H2,1H3. The largest absolute Gasteiger partial charge is 0.389 e. The van der Waals surface area contributed by atoms with Gasteiger partial charge >= 0.3 is 0 Å². The Bertz CT molecular complexity index is 326. The summed E-state index contributed by atoms with van der Waals surface area (Å²) in [6.07, 6.45) is 0.473. The van der Waals surface area contributed by atoms with E-state index in [1.807, 2.05) is 6.07 Å². The van der Waals surface area contributed by atoms with Crippen LogP contribution in [0.1, 0.15) is 12.5 Å². The second kappa shape index (κ2) is 4.49. The van der Waals surface area contributed by atoms with Crippen LogP contribution < -0.4 is 5.73 Å². The van der Waals surface area contributed by atoms with Gasteiger partial charge in [0.25, 0.3) is 0 Å². The maximum Gasteiger partial charge on any atom is 0.0781 e. The lowest BCUT2D eigenvalue weighted by molar-refractivity contribution is 0.0696. The van der Waals surface area contributed by atoms with Gasteiger partial charge in [-0.15, -0.1) is 0 Å². The highest BCUT2D eigenvalue weighted by molar-refractivity contribution is 6.42. The summed E-state index contributed by atoms with van der Waals surface area (Å²) < 4.78 is 0. The molecule has 1 unspecified atom stereocenters. The van der Waals surface area contributed by atoms with Gasteiger partial charge in [-0.25, -0.2) is 0 Å². The molecule has 0 bridgehead atoms. The van der Waals surface area contributed by atoms with Crippen LogP contribution in [-0.2, 0) is 6.42 Å². The first kappa shape index (κ1) is 11.8. The highest BCUT2D eigenvalue weighted by Crippen LogP contribution is 2.24. The van der Waals surface area contributed by atoms with E-state index in [1.54, 1.807) is 19.1 Å². The minimum Gasteiger partial charge on any atom is -0.389 e. The number of hydrogen-bond donors (Lipinski definition) is 2. The van der Waals surface area contributed by atoms with E-state index in [2.05, 4.69) is 0 Å². The predicted molar refractivity (Wildman–Crippen MR) is 59.8 cm³/mol. The lowest BCUT2D eigenvalue weighted by Crippen LogP contribution is -2.36. The second-order valence-electron chi connectivity index (χ2n) is 3.63. The molecule has 78 valence electrons. The minimum absolute atomic E-state index is 0.216. The first-order chi connectivity index (χ1) is 6.44. The molecule has 0 aliphatic heterocycles. The zero-order valence-corrected chi connectivity index (χ0v) is 9.44. The molecule has 0 spiro atoms. The first-order valence-electron chi connectivity index (χ1n) is 4.31. The number of aliphatic hydroxyl groups is 1. The Balaban J connectivity index is 2.83. The summed E-state index contributed by atoms with van der Waals surface area (Å²) in [5.41, 5.74) is 5.45. The van der Waals surface area contributed by atoms with Crippen LogP contribution >= 0.6 is 23.2 Å². The minimum atomic E-state index is -0.892. The van der Waals surface area contributed by atoms with Crippen LogP contribution in [-0.4, -0.2) is 17.3 Å². The molecule has 1 atom stereocenters. The van der Waals surface area contributed by atoms with Gasteiger partial charge in [-0.3, -0.25) is 0 Å². The van der Waals surface area contributed by atoms with Crippen LogP contribution in [0.3, 0.4) is 0 Å². The molecule has 0 saturated carbocycles.